The zero-order chi connectivity index (χ0) is 14.4. The van der Waals surface area contributed by atoms with Crippen LogP contribution in [0.2, 0.25) is 0 Å². The lowest BCUT2D eigenvalue weighted by Gasteiger charge is -2.22. The van der Waals surface area contributed by atoms with Crippen LogP contribution in [-0.2, 0) is 6.42 Å². The van der Waals surface area contributed by atoms with Crippen molar-refractivity contribution in [1.82, 2.24) is 4.57 Å². The number of aromatic nitrogens is 1. The predicted molar refractivity (Wildman–Crippen MR) is 84.0 cm³/mol. The van der Waals surface area contributed by atoms with Gasteiger partial charge in [0, 0.05) is 33.1 Å². The van der Waals surface area contributed by atoms with Crippen molar-refractivity contribution in [3.05, 3.63) is 44.4 Å². The van der Waals surface area contributed by atoms with Gasteiger partial charge in [-0.2, -0.15) is 0 Å². The van der Waals surface area contributed by atoms with Gasteiger partial charge >= 0.3 is 0 Å². The molecule has 1 atom stereocenters. The molecule has 0 radical (unpaired) electrons. The van der Waals surface area contributed by atoms with Crippen molar-refractivity contribution >= 4 is 17.1 Å². The number of fused-ring (bicyclic) bond motifs is 1. The number of nitrogens with zero attached hydrogens (tertiary/aromatic N) is 1. The highest BCUT2D eigenvalue weighted by molar-refractivity contribution is 7.12. The van der Waals surface area contributed by atoms with Crippen LogP contribution in [0.25, 0.3) is 0 Å². The SMILES string of the molecule is Cc1cc(C(C)n2c(C)cc3c2CCCC3=O)c(C)s1. The molecule has 0 amide bonds. The number of carbonyl (C=O) groups excluding carboxylic acids is 1. The molecule has 3 heteroatoms. The third-order valence-electron chi connectivity index (χ3n) is 4.37. The molecule has 2 aromatic rings. The summed E-state index contributed by atoms with van der Waals surface area (Å²) in [6.07, 6.45) is 2.73. The van der Waals surface area contributed by atoms with Crippen LogP contribution < -0.4 is 0 Å². The lowest BCUT2D eigenvalue weighted by molar-refractivity contribution is 0.0971. The van der Waals surface area contributed by atoms with Gasteiger partial charge in [-0.05, 0) is 58.2 Å². The third-order valence-corrected chi connectivity index (χ3v) is 5.35. The number of rotatable bonds is 2. The number of thiophene rings is 1. The molecule has 2 nitrogen and oxygen atoms in total. The summed E-state index contributed by atoms with van der Waals surface area (Å²) < 4.78 is 2.38. The summed E-state index contributed by atoms with van der Waals surface area (Å²) in [7, 11) is 0. The zero-order valence-corrected chi connectivity index (χ0v) is 13.4. The van der Waals surface area contributed by atoms with E-state index < -0.39 is 0 Å². The highest BCUT2D eigenvalue weighted by Crippen LogP contribution is 2.34. The number of ketones is 1. The molecule has 0 N–H and O–H groups in total. The standard InChI is InChI=1S/C17H21NOS/c1-10-8-15-16(6-5-7-17(15)19)18(10)12(3)14-9-11(2)20-13(14)4/h8-9,12H,5-7H2,1-4H3. The van der Waals surface area contributed by atoms with E-state index in [1.54, 1.807) is 0 Å². The predicted octanol–water partition coefficient (Wildman–Crippen LogP) is 4.60. The molecule has 0 fully saturated rings. The van der Waals surface area contributed by atoms with Gasteiger partial charge in [0.15, 0.2) is 5.78 Å². The van der Waals surface area contributed by atoms with Gasteiger partial charge in [0.2, 0.25) is 0 Å². The Kier molecular flexibility index (Phi) is 3.33. The van der Waals surface area contributed by atoms with E-state index in [9.17, 15) is 4.79 Å². The van der Waals surface area contributed by atoms with Gasteiger partial charge in [0.25, 0.3) is 0 Å². The quantitative estimate of drug-likeness (QED) is 0.791. The maximum Gasteiger partial charge on any atom is 0.164 e. The minimum absolute atomic E-state index is 0.314. The molecule has 0 bridgehead atoms. The van der Waals surface area contributed by atoms with Crippen molar-refractivity contribution < 1.29 is 4.79 Å². The Morgan fingerprint density at radius 1 is 1.20 bits per heavy atom. The van der Waals surface area contributed by atoms with E-state index in [-0.39, 0.29) is 0 Å². The van der Waals surface area contributed by atoms with Crippen LogP contribution in [0, 0.1) is 20.8 Å². The minimum atomic E-state index is 0.314. The minimum Gasteiger partial charge on any atom is -0.341 e. The Bertz CT molecular complexity index is 677. The van der Waals surface area contributed by atoms with Crippen molar-refractivity contribution in [2.45, 2.75) is 53.0 Å². The summed E-state index contributed by atoms with van der Waals surface area (Å²) >= 11 is 1.86. The molecular formula is C17H21NOS. The second kappa shape index (κ2) is 4.88. The molecule has 0 saturated carbocycles. The number of aryl methyl sites for hydroxylation is 3. The molecule has 0 aromatic carbocycles. The summed E-state index contributed by atoms with van der Waals surface area (Å²) in [5.74, 6) is 0.318. The normalized spacial score (nSPS) is 16.3. The highest BCUT2D eigenvalue weighted by Gasteiger charge is 2.25. The van der Waals surface area contributed by atoms with Crippen LogP contribution in [0.1, 0.15) is 62.9 Å². The summed E-state index contributed by atoms with van der Waals surface area (Å²) in [6, 6.07) is 4.69. The number of hydrogen-bond acceptors (Lipinski definition) is 2. The number of hydrogen-bond donors (Lipinski definition) is 0. The average Bonchev–Trinajstić information content (AvgIpc) is 2.89. The Morgan fingerprint density at radius 3 is 2.60 bits per heavy atom. The molecule has 20 heavy (non-hydrogen) atoms. The first-order valence-electron chi connectivity index (χ1n) is 7.30. The second-order valence-corrected chi connectivity index (χ2v) is 7.30. The summed E-state index contributed by atoms with van der Waals surface area (Å²) in [5.41, 5.74) is 4.81. The van der Waals surface area contributed by atoms with E-state index in [1.807, 2.05) is 11.3 Å². The fourth-order valence-electron chi connectivity index (χ4n) is 3.50. The van der Waals surface area contributed by atoms with Gasteiger partial charge in [0.05, 0.1) is 6.04 Å². The van der Waals surface area contributed by atoms with E-state index in [0.717, 1.165) is 18.4 Å². The molecule has 3 rings (SSSR count). The molecule has 106 valence electrons. The van der Waals surface area contributed by atoms with Crippen molar-refractivity contribution in [2.75, 3.05) is 0 Å². The molecule has 2 aromatic heterocycles. The molecule has 1 aliphatic carbocycles. The Labute approximate surface area is 124 Å². The van der Waals surface area contributed by atoms with Crippen LogP contribution >= 0.6 is 11.3 Å². The second-order valence-electron chi connectivity index (χ2n) is 5.84. The summed E-state index contributed by atoms with van der Waals surface area (Å²) in [6.45, 7) is 8.73. The van der Waals surface area contributed by atoms with E-state index in [1.165, 1.54) is 26.7 Å². The Hall–Kier alpha value is -1.35. The maximum atomic E-state index is 12.1. The first-order chi connectivity index (χ1) is 9.49. The molecular weight excluding hydrogens is 266 g/mol. The summed E-state index contributed by atoms with van der Waals surface area (Å²) in [4.78, 5) is 14.8. The maximum absolute atomic E-state index is 12.1. The van der Waals surface area contributed by atoms with Crippen molar-refractivity contribution in [3.63, 3.8) is 0 Å². The van der Waals surface area contributed by atoms with E-state index in [0.29, 0.717) is 18.2 Å². The largest absolute Gasteiger partial charge is 0.341 e. The monoisotopic (exact) mass is 287 g/mol. The van der Waals surface area contributed by atoms with Gasteiger partial charge in [-0.1, -0.05) is 0 Å². The van der Waals surface area contributed by atoms with Crippen LogP contribution in [0.4, 0.5) is 0 Å². The topological polar surface area (TPSA) is 22.0 Å². The number of carbonyl (C=O) groups is 1. The van der Waals surface area contributed by atoms with Gasteiger partial charge in [-0.25, -0.2) is 0 Å². The lowest BCUT2D eigenvalue weighted by atomic mass is 9.96. The third kappa shape index (κ3) is 2.05. The van der Waals surface area contributed by atoms with Gasteiger partial charge < -0.3 is 4.57 Å². The number of Topliss-reactive ketones (excluding diaryl/α,β-unsaturated/α-hetero) is 1. The van der Waals surface area contributed by atoms with Crippen LogP contribution in [-0.4, -0.2) is 10.4 Å². The molecule has 2 heterocycles. The van der Waals surface area contributed by atoms with Crippen LogP contribution in [0.15, 0.2) is 12.1 Å². The molecule has 0 spiro atoms. The average molecular weight is 287 g/mol. The van der Waals surface area contributed by atoms with Crippen molar-refractivity contribution in [1.29, 1.82) is 0 Å². The first-order valence-corrected chi connectivity index (χ1v) is 8.11. The Morgan fingerprint density at radius 2 is 1.95 bits per heavy atom. The van der Waals surface area contributed by atoms with E-state index in [2.05, 4.69) is 44.4 Å². The fourth-order valence-corrected chi connectivity index (χ4v) is 4.51. The van der Waals surface area contributed by atoms with Gasteiger partial charge in [0.1, 0.15) is 0 Å². The van der Waals surface area contributed by atoms with Gasteiger partial charge in [-0.3, -0.25) is 4.79 Å². The van der Waals surface area contributed by atoms with Crippen molar-refractivity contribution in [2.24, 2.45) is 0 Å². The lowest BCUT2D eigenvalue weighted by Crippen LogP contribution is -2.17. The molecule has 0 aliphatic heterocycles. The highest BCUT2D eigenvalue weighted by atomic mass is 32.1. The summed E-state index contributed by atoms with van der Waals surface area (Å²) in [5, 5.41) is 0. The first kappa shape index (κ1) is 13.6. The van der Waals surface area contributed by atoms with Crippen LogP contribution in [0.5, 0.6) is 0 Å². The fraction of sp³-hybridized carbons (Fsp3) is 0.471. The molecule has 1 unspecified atom stereocenters. The zero-order valence-electron chi connectivity index (χ0n) is 12.6. The van der Waals surface area contributed by atoms with E-state index >= 15 is 0 Å². The smallest absolute Gasteiger partial charge is 0.164 e. The van der Waals surface area contributed by atoms with Crippen molar-refractivity contribution in [3.8, 4) is 0 Å². The van der Waals surface area contributed by atoms with E-state index in [4.69, 9.17) is 0 Å². The molecule has 0 saturated heterocycles. The van der Waals surface area contributed by atoms with Crippen LogP contribution in [0.3, 0.4) is 0 Å². The Balaban J connectivity index is 2.10. The van der Waals surface area contributed by atoms with Gasteiger partial charge in [-0.15, -0.1) is 11.3 Å². The molecule has 1 aliphatic rings.